The van der Waals surface area contributed by atoms with Crippen LogP contribution in [0, 0.1) is 0 Å². The van der Waals surface area contributed by atoms with E-state index in [1.54, 1.807) is 0 Å². The maximum absolute atomic E-state index is 5.69. The minimum absolute atomic E-state index is 0.0731. The second-order valence-corrected chi connectivity index (χ2v) is 6.84. The van der Waals surface area contributed by atoms with Crippen molar-refractivity contribution in [1.82, 2.24) is 0 Å². The lowest BCUT2D eigenvalue weighted by Crippen LogP contribution is -2.16. The van der Waals surface area contributed by atoms with Gasteiger partial charge in [-0.1, -0.05) is 79.2 Å². The van der Waals surface area contributed by atoms with E-state index < -0.39 is 3.79 Å². The average Bonchev–Trinajstić information content (AvgIpc) is 2.32. The van der Waals surface area contributed by atoms with Gasteiger partial charge in [-0.3, -0.25) is 0 Å². The summed E-state index contributed by atoms with van der Waals surface area (Å²) in [5.74, 6) is 0.820. The summed E-state index contributed by atoms with van der Waals surface area (Å²) in [5.41, 5.74) is 1.18. The van der Waals surface area contributed by atoms with Crippen molar-refractivity contribution in [2.45, 2.75) is 42.8 Å². The number of ether oxygens (including phenoxy) is 1. The number of para-hydroxylation sites is 1. The number of halogens is 3. The Labute approximate surface area is 124 Å². The predicted octanol–water partition coefficient (Wildman–Crippen LogP) is 5.56. The molecule has 0 aliphatic rings. The van der Waals surface area contributed by atoms with E-state index in [1.165, 1.54) is 31.2 Å². The fourth-order valence-electron chi connectivity index (χ4n) is 1.75. The molecule has 4 heteroatoms. The summed E-state index contributed by atoms with van der Waals surface area (Å²) in [7, 11) is 0. The highest BCUT2D eigenvalue weighted by Crippen LogP contribution is 2.28. The van der Waals surface area contributed by atoms with Gasteiger partial charge in [0.05, 0.1) is 0 Å². The molecule has 0 radical (unpaired) electrons. The first-order valence-corrected chi connectivity index (χ1v) is 7.44. The molecule has 0 saturated heterocycles. The van der Waals surface area contributed by atoms with Crippen molar-refractivity contribution in [2.24, 2.45) is 0 Å². The van der Waals surface area contributed by atoms with Gasteiger partial charge in [-0.25, -0.2) is 0 Å². The molecular formula is C14H19Cl3O. The van der Waals surface area contributed by atoms with Crippen molar-refractivity contribution in [3.63, 3.8) is 0 Å². The van der Waals surface area contributed by atoms with E-state index in [0.29, 0.717) is 0 Å². The van der Waals surface area contributed by atoms with Crippen molar-refractivity contribution < 1.29 is 4.74 Å². The molecule has 0 N–H and O–H groups in total. The first kappa shape index (κ1) is 15.9. The number of unbranched alkanes of at least 4 members (excludes halogenated alkanes) is 3. The second-order valence-electron chi connectivity index (χ2n) is 4.32. The van der Waals surface area contributed by atoms with Crippen molar-refractivity contribution in [3.8, 4) is 5.75 Å². The van der Waals surface area contributed by atoms with Crippen LogP contribution in [0.2, 0.25) is 0 Å². The number of rotatable bonds is 7. The highest BCUT2D eigenvalue weighted by Gasteiger charge is 2.21. The number of hydrogen-bond donors (Lipinski definition) is 0. The topological polar surface area (TPSA) is 9.23 Å². The van der Waals surface area contributed by atoms with E-state index in [4.69, 9.17) is 39.5 Å². The van der Waals surface area contributed by atoms with Gasteiger partial charge >= 0.3 is 0 Å². The normalized spacial score (nSPS) is 11.6. The Morgan fingerprint density at radius 2 is 1.78 bits per heavy atom. The summed E-state index contributed by atoms with van der Waals surface area (Å²) in [6.07, 6.45) is 5.94. The van der Waals surface area contributed by atoms with Crippen molar-refractivity contribution in [2.75, 3.05) is 6.61 Å². The van der Waals surface area contributed by atoms with Crippen LogP contribution in [-0.4, -0.2) is 10.4 Å². The molecule has 0 amide bonds. The summed E-state index contributed by atoms with van der Waals surface area (Å²) in [6, 6.07) is 7.94. The van der Waals surface area contributed by atoms with Crippen LogP contribution in [0.3, 0.4) is 0 Å². The maximum Gasteiger partial charge on any atom is 0.223 e. The van der Waals surface area contributed by atoms with E-state index >= 15 is 0 Å². The van der Waals surface area contributed by atoms with E-state index in [0.717, 1.165) is 12.2 Å². The Balaban J connectivity index is 2.51. The lowest BCUT2D eigenvalue weighted by atomic mass is 10.1. The van der Waals surface area contributed by atoms with E-state index in [1.807, 2.05) is 18.2 Å². The van der Waals surface area contributed by atoms with Gasteiger partial charge in [0, 0.05) is 0 Å². The lowest BCUT2D eigenvalue weighted by molar-refractivity contribution is 0.322. The zero-order valence-electron chi connectivity index (χ0n) is 10.6. The average molecular weight is 310 g/mol. The van der Waals surface area contributed by atoms with Gasteiger partial charge in [-0.2, -0.15) is 0 Å². The first-order valence-electron chi connectivity index (χ1n) is 6.30. The van der Waals surface area contributed by atoms with Crippen LogP contribution in [0.4, 0.5) is 0 Å². The molecule has 102 valence electrons. The number of hydrogen-bond acceptors (Lipinski definition) is 1. The van der Waals surface area contributed by atoms with E-state index in [-0.39, 0.29) is 6.61 Å². The predicted molar refractivity (Wildman–Crippen MR) is 80.1 cm³/mol. The molecule has 1 rings (SSSR count). The quantitative estimate of drug-likeness (QED) is 0.473. The molecule has 0 aliphatic heterocycles. The fraction of sp³-hybridized carbons (Fsp3) is 0.571. The van der Waals surface area contributed by atoms with E-state index in [9.17, 15) is 0 Å². The molecule has 1 aromatic carbocycles. The van der Waals surface area contributed by atoms with E-state index in [2.05, 4.69) is 13.0 Å². The van der Waals surface area contributed by atoms with Crippen LogP contribution in [0.15, 0.2) is 24.3 Å². The highest BCUT2D eigenvalue weighted by atomic mass is 35.6. The number of benzene rings is 1. The smallest absolute Gasteiger partial charge is 0.223 e. The molecule has 1 aromatic rings. The zero-order chi connectivity index (χ0) is 13.4. The third-order valence-electron chi connectivity index (χ3n) is 2.66. The minimum Gasteiger partial charge on any atom is -0.489 e. The summed E-state index contributed by atoms with van der Waals surface area (Å²) in [5, 5.41) is 0. The molecule has 0 aromatic heterocycles. The fourth-order valence-corrected chi connectivity index (χ4v) is 1.92. The van der Waals surface area contributed by atoms with Crippen LogP contribution in [-0.2, 0) is 6.42 Å². The summed E-state index contributed by atoms with van der Waals surface area (Å²) < 4.78 is 4.20. The molecule has 18 heavy (non-hydrogen) atoms. The third-order valence-corrected chi connectivity index (χ3v) is 2.99. The van der Waals surface area contributed by atoms with Crippen LogP contribution < -0.4 is 4.74 Å². The van der Waals surface area contributed by atoms with Gasteiger partial charge in [0.15, 0.2) is 0 Å². The summed E-state index contributed by atoms with van der Waals surface area (Å²) in [6.45, 7) is 2.28. The SMILES string of the molecule is CCCCCCc1ccccc1OCC(Cl)(Cl)Cl. The molecule has 1 nitrogen and oxygen atoms in total. The molecule has 0 heterocycles. The zero-order valence-corrected chi connectivity index (χ0v) is 12.9. The van der Waals surface area contributed by atoms with Gasteiger partial charge in [0.2, 0.25) is 3.79 Å². The van der Waals surface area contributed by atoms with Crippen molar-refractivity contribution >= 4 is 34.8 Å². The highest BCUT2D eigenvalue weighted by molar-refractivity contribution is 6.67. The molecule has 0 atom stereocenters. The first-order chi connectivity index (χ1) is 8.53. The standard InChI is InChI=1S/C14H19Cl3O/c1-2-3-4-5-8-12-9-6-7-10-13(12)18-11-14(15,16)17/h6-7,9-10H,2-5,8,11H2,1H3. The van der Waals surface area contributed by atoms with Gasteiger partial charge in [0.25, 0.3) is 0 Å². The Morgan fingerprint density at radius 1 is 1.06 bits per heavy atom. The minimum atomic E-state index is -1.37. The van der Waals surface area contributed by atoms with Gasteiger partial charge in [-0.05, 0) is 24.5 Å². The van der Waals surface area contributed by atoms with Gasteiger partial charge in [-0.15, -0.1) is 0 Å². The third kappa shape index (κ3) is 6.72. The molecular weight excluding hydrogens is 291 g/mol. The molecule has 0 unspecified atom stereocenters. The number of aryl methyl sites for hydroxylation is 1. The molecule has 0 fully saturated rings. The Hall–Kier alpha value is -0.110. The van der Waals surface area contributed by atoms with Gasteiger partial charge < -0.3 is 4.74 Å². The largest absolute Gasteiger partial charge is 0.489 e. The van der Waals surface area contributed by atoms with Crippen molar-refractivity contribution in [1.29, 1.82) is 0 Å². The number of alkyl halides is 3. The van der Waals surface area contributed by atoms with Crippen LogP contribution in [0.25, 0.3) is 0 Å². The molecule has 0 aliphatic carbocycles. The second kappa shape index (κ2) is 8.14. The van der Waals surface area contributed by atoms with Crippen LogP contribution in [0.5, 0.6) is 5.75 Å². The Bertz CT molecular complexity index is 347. The molecule has 0 saturated carbocycles. The monoisotopic (exact) mass is 308 g/mol. The summed E-state index contributed by atoms with van der Waals surface area (Å²) >= 11 is 17.1. The summed E-state index contributed by atoms with van der Waals surface area (Å²) in [4.78, 5) is 0. The van der Waals surface area contributed by atoms with Crippen molar-refractivity contribution in [3.05, 3.63) is 29.8 Å². The lowest BCUT2D eigenvalue weighted by Gasteiger charge is -2.15. The molecule has 0 bridgehead atoms. The van der Waals surface area contributed by atoms with Gasteiger partial charge in [0.1, 0.15) is 12.4 Å². The maximum atomic E-state index is 5.69. The van der Waals surface area contributed by atoms with Crippen LogP contribution in [0.1, 0.15) is 38.2 Å². The Kier molecular flexibility index (Phi) is 7.21. The van der Waals surface area contributed by atoms with Crippen LogP contribution >= 0.6 is 34.8 Å². The molecule has 0 spiro atoms. The Morgan fingerprint density at radius 3 is 2.44 bits per heavy atom.